The van der Waals surface area contributed by atoms with Crippen molar-refractivity contribution in [2.45, 2.75) is 45.2 Å². The molecule has 1 heterocycles. The SMILES string of the molecule is CCC(C#N)N1CC(=S)CCC1C. The predicted molar refractivity (Wildman–Crippen MR) is 57.7 cm³/mol. The Morgan fingerprint density at radius 2 is 2.46 bits per heavy atom. The topological polar surface area (TPSA) is 27.0 Å². The Kier molecular flexibility index (Phi) is 3.83. The molecule has 1 aliphatic heterocycles. The molecule has 1 aliphatic rings. The molecule has 0 bridgehead atoms. The number of thiocarbonyl (C=S) groups is 1. The maximum atomic E-state index is 8.95. The molecule has 0 radical (unpaired) electrons. The lowest BCUT2D eigenvalue weighted by molar-refractivity contribution is 0.178. The zero-order chi connectivity index (χ0) is 9.84. The average Bonchev–Trinajstić information content (AvgIpc) is 2.13. The molecule has 1 rings (SSSR count). The van der Waals surface area contributed by atoms with E-state index in [2.05, 4.69) is 24.8 Å². The molecule has 0 N–H and O–H groups in total. The summed E-state index contributed by atoms with van der Waals surface area (Å²) in [6, 6.07) is 2.90. The van der Waals surface area contributed by atoms with Crippen LogP contribution in [0.15, 0.2) is 0 Å². The minimum absolute atomic E-state index is 0.0493. The van der Waals surface area contributed by atoms with Gasteiger partial charge in [-0.1, -0.05) is 19.1 Å². The largest absolute Gasteiger partial charge is 0.280 e. The Morgan fingerprint density at radius 1 is 1.77 bits per heavy atom. The van der Waals surface area contributed by atoms with Crippen LogP contribution in [0.5, 0.6) is 0 Å². The fourth-order valence-corrected chi connectivity index (χ4v) is 2.06. The summed E-state index contributed by atoms with van der Waals surface area (Å²) in [5.41, 5.74) is 0. The molecule has 2 nitrogen and oxygen atoms in total. The van der Waals surface area contributed by atoms with E-state index in [9.17, 15) is 0 Å². The zero-order valence-corrected chi connectivity index (χ0v) is 9.10. The summed E-state index contributed by atoms with van der Waals surface area (Å²) in [5, 5.41) is 8.95. The molecule has 2 atom stereocenters. The molecule has 0 aromatic carbocycles. The van der Waals surface area contributed by atoms with Crippen LogP contribution in [0.1, 0.15) is 33.1 Å². The van der Waals surface area contributed by atoms with Gasteiger partial charge in [-0.25, -0.2) is 0 Å². The summed E-state index contributed by atoms with van der Waals surface area (Å²) < 4.78 is 0. The van der Waals surface area contributed by atoms with E-state index in [1.54, 1.807) is 0 Å². The van der Waals surface area contributed by atoms with E-state index in [4.69, 9.17) is 17.5 Å². The van der Waals surface area contributed by atoms with Crippen LogP contribution in [0.4, 0.5) is 0 Å². The van der Waals surface area contributed by atoms with E-state index in [0.717, 1.165) is 30.7 Å². The summed E-state index contributed by atoms with van der Waals surface area (Å²) in [7, 11) is 0. The van der Waals surface area contributed by atoms with E-state index >= 15 is 0 Å². The standard InChI is InChI=1S/C10H16N2S/c1-3-9(6-11)12-7-10(13)5-4-8(12)2/h8-9H,3-5,7H2,1-2H3. The van der Waals surface area contributed by atoms with E-state index in [1.165, 1.54) is 0 Å². The van der Waals surface area contributed by atoms with Gasteiger partial charge in [0.15, 0.2) is 0 Å². The van der Waals surface area contributed by atoms with Gasteiger partial charge in [0.25, 0.3) is 0 Å². The second-order valence-electron chi connectivity index (χ2n) is 3.65. The van der Waals surface area contributed by atoms with Crippen LogP contribution in [0.2, 0.25) is 0 Å². The molecule has 72 valence electrons. The lowest BCUT2D eigenvalue weighted by Gasteiger charge is -2.36. The van der Waals surface area contributed by atoms with Crippen LogP contribution >= 0.6 is 12.2 Å². The molecular formula is C10H16N2S. The van der Waals surface area contributed by atoms with Crippen molar-refractivity contribution in [2.75, 3.05) is 6.54 Å². The zero-order valence-electron chi connectivity index (χ0n) is 8.29. The van der Waals surface area contributed by atoms with Gasteiger partial charge >= 0.3 is 0 Å². The van der Waals surface area contributed by atoms with Crippen LogP contribution in [-0.4, -0.2) is 28.4 Å². The molecule has 0 amide bonds. The Balaban J connectivity index is 2.65. The van der Waals surface area contributed by atoms with Crippen molar-refractivity contribution >= 4 is 17.1 Å². The van der Waals surface area contributed by atoms with Crippen molar-refractivity contribution in [2.24, 2.45) is 0 Å². The van der Waals surface area contributed by atoms with Gasteiger partial charge in [0.1, 0.15) is 0 Å². The minimum atomic E-state index is 0.0493. The fourth-order valence-electron chi connectivity index (χ4n) is 1.79. The summed E-state index contributed by atoms with van der Waals surface area (Å²) in [6.45, 7) is 5.07. The average molecular weight is 196 g/mol. The Morgan fingerprint density at radius 3 is 3.00 bits per heavy atom. The number of piperidine rings is 1. The van der Waals surface area contributed by atoms with Crippen LogP contribution in [0.3, 0.4) is 0 Å². The molecule has 0 aromatic heterocycles. The quantitative estimate of drug-likeness (QED) is 0.633. The van der Waals surface area contributed by atoms with Gasteiger partial charge in [-0.2, -0.15) is 5.26 Å². The van der Waals surface area contributed by atoms with Gasteiger partial charge < -0.3 is 0 Å². The summed E-state index contributed by atoms with van der Waals surface area (Å²) in [4.78, 5) is 3.33. The number of hydrogen-bond acceptors (Lipinski definition) is 3. The monoisotopic (exact) mass is 196 g/mol. The molecule has 13 heavy (non-hydrogen) atoms. The molecular weight excluding hydrogens is 180 g/mol. The fraction of sp³-hybridized carbons (Fsp3) is 0.800. The summed E-state index contributed by atoms with van der Waals surface area (Å²) in [6.07, 6.45) is 3.05. The maximum absolute atomic E-state index is 8.95. The molecule has 3 heteroatoms. The van der Waals surface area contributed by atoms with E-state index in [0.29, 0.717) is 6.04 Å². The first-order valence-electron chi connectivity index (χ1n) is 4.86. The highest BCUT2D eigenvalue weighted by Gasteiger charge is 2.26. The first-order valence-corrected chi connectivity index (χ1v) is 5.27. The number of rotatable bonds is 2. The van der Waals surface area contributed by atoms with Crippen molar-refractivity contribution in [3.05, 3.63) is 0 Å². The van der Waals surface area contributed by atoms with Gasteiger partial charge in [0.05, 0.1) is 12.1 Å². The normalized spacial score (nSPS) is 26.8. The second kappa shape index (κ2) is 4.69. The third kappa shape index (κ3) is 2.49. The Labute approximate surface area is 85.5 Å². The van der Waals surface area contributed by atoms with Crippen molar-refractivity contribution in [1.29, 1.82) is 5.26 Å². The van der Waals surface area contributed by atoms with Crippen LogP contribution in [0, 0.1) is 11.3 Å². The van der Waals surface area contributed by atoms with Gasteiger partial charge in [-0.15, -0.1) is 0 Å². The predicted octanol–water partition coefficient (Wildman–Crippen LogP) is 2.14. The highest BCUT2D eigenvalue weighted by atomic mass is 32.1. The number of nitriles is 1. The van der Waals surface area contributed by atoms with Gasteiger partial charge in [0.2, 0.25) is 0 Å². The number of likely N-dealkylation sites (tertiary alicyclic amines) is 1. The molecule has 1 fully saturated rings. The summed E-state index contributed by atoms with van der Waals surface area (Å²) >= 11 is 5.20. The van der Waals surface area contributed by atoms with Crippen LogP contribution in [-0.2, 0) is 0 Å². The van der Waals surface area contributed by atoms with Crippen LogP contribution in [0.25, 0.3) is 0 Å². The highest BCUT2D eigenvalue weighted by molar-refractivity contribution is 7.80. The van der Waals surface area contributed by atoms with E-state index in [-0.39, 0.29) is 6.04 Å². The smallest absolute Gasteiger partial charge is 0.0980 e. The van der Waals surface area contributed by atoms with E-state index in [1.807, 2.05) is 0 Å². The first-order chi connectivity index (χ1) is 6.19. The number of nitrogens with zero attached hydrogens (tertiary/aromatic N) is 2. The molecule has 0 spiro atoms. The second-order valence-corrected chi connectivity index (χ2v) is 4.23. The van der Waals surface area contributed by atoms with Gasteiger partial charge in [-0.3, -0.25) is 4.90 Å². The molecule has 0 saturated carbocycles. The van der Waals surface area contributed by atoms with E-state index < -0.39 is 0 Å². The highest BCUT2D eigenvalue weighted by Crippen LogP contribution is 2.19. The first kappa shape index (κ1) is 10.6. The lowest BCUT2D eigenvalue weighted by Crippen LogP contribution is -2.47. The molecule has 2 unspecified atom stereocenters. The molecule has 1 saturated heterocycles. The Hall–Kier alpha value is -0.460. The number of hydrogen-bond donors (Lipinski definition) is 0. The molecule has 0 aliphatic carbocycles. The Bertz CT molecular complexity index is 232. The third-order valence-corrected chi connectivity index (χ3v) is 3.04. The van der Waals surface area contributed by atoms with Gasteiger partial charge in [0, 0.05) is 17.5 Å². The lowest BCUT2D eigenvalue weighted by atomic mass is 10.0. The van der Waals surface area contributed by atoms with Crippen molar-refractivity contribution in [1.82, 2.24) is 4.90 Å². The van der Waals surface area contributed by atoms with Gasteiger partial charge in [-0.05, 0) is 26.2 Å². The third-order valence-electron chi connectivity index (χ3n) is 2.70. The van der Waals surface area contributed by atoms with Crippen molar-refractivity contribution < 1.29 is 0 Å². The van der Waals surface area contributed by atoms with Crippen molar-refractivity contribution in [3.8, 4) is 6.07 Å². The molecule has 0 aromatic rings. The van der Waals surface area contributed by atoms with Crippen molar-refractivity contribution in [3.63, 3.8) is 0 Å². The minimum Gasteiger partial charge on any atom is -0.280 e. The van der Waals surface area contributed by atoms with Crippen LogP contribution < -0.4 is 0 Å². The maximum Gasteiger partial charge on any atom is 0.0980 e. The summed E-state index contributed by atoms with van der Waals surface area (Å²) in [5.74, 6) is 0.